The maximum atomic E-state index is 8.89. The molecule has 1 fully saturated rings. The van der Waals surface area contributed by atoms with E-state index in [9.17, 15) is 0 Å². The number of hydrogen-bond acceptors (Lipinski definition) is 2. The maximum Gasteiger partial charge on any atom is 0.0865 e. The minimum atomic E-state index is 0.744. The Kier molecular flexibility index (Phi) is 4.18. The standard InChI is InChI=1S/C15H21NO/c1-2-15(16-17)14-10-8-13(9-11-14)12-6-4-3-5-7-12/h8-12,17H,2-7H2,1H3/b16-15-. The lowest BCUT2D eigenvalue weighted by atomic mass is 9.84. The average molecular weight is 231 g/mol. The van der Waals surface area contributed by atoms with E-state index in [1.807, 2.05) is 6.92 Å². The molecule has 2 rings (SSSR count). The molecule has 1 aliphatic carbocycles. The largest absolute Gasteiger partial charge is 0.411 e. The molecule has 1 N–H and O–H groups in total. The molecule has 1 aliphatic rings. The fourth-order valence-electron chi connectivity index (χ4n) is 2.72. The maximum absolute atomic E-state index is 8.89. The second kappa shape index (κ2) is 5.85. The van der Waals surface area contributed by atoms with E-state index in [4.69, 9.17) is 5.21 Å². The topological polar surface area (TPSA) is 32.6 Å². The Morgan fingerprint density at radius 3 is 2.35 bits per heavy atom. The van der Waals surface area contributed by atoms with Gasteiger partial charge in [-0.05, 0) is 36.3 Å². The van der Waals surface area contributed by atoms with Gasteiger partial charge in [0.2, 0.25) is 0 Å². The predicted octanol–water partition coefficient (Wildman–Crippen LogP) is 4.32. The molecule has 1 saturated carbocycles. The molecule has 0 amide bonds. The molecule has 0 bridgehead atoms. The van der Waals surface area contributed by atoms with Crippen molar-refractivity contribution >= 4 is 5.71 Å². The van der Waals surface area contributed by atoms with Crippen LogP contribution in [-0.2, 0) is 0 Å². The fraction of sp³-hybridized carbons (Fsp3) is 0.533. The van der Waals surface area contributed by atoms with Gasteiger partial charge in [0, 0.05) is 0 Å². The van der Waals surface area contributed by atoms with Crippen molar-refractivity contribution in [2.75, 3.05) is 0 Å². The first-order valence-corrected chi connectivity index (χ1v) is 6.66. The minimum absolute atomic E-state index is 0.744. The van der Waals surface area contributed by atoms with Gasteiger partial charge in [0.25, 0.3) is 0 Å². The van der Waals surface area contributed by atoms with Gasteiger partial charge in [-0.15, -0.1) is 0 Å². The van der Waals surface area contributed by atoms with E-state index in [2.05, 4.69) is 29.4 Å². The highest BCUT2D eigenvalue weighted by Gasteiger charge is 2.15. The van der Waals surface area contributed by atoms with Gasteiger partial charge in [-0.3, -0.25) is 0 Å². The summed E-state index contributed by atoms with van der Waals surface area (Å²) in [6.07, 6.45) is 7.54. The zero-order valence-electron chi connectivity index (χ0n) is 10.5. The summed E-state index contributed by atoms with van der Waals surface area (Å²) in [6.45, 7) is 2.00. The van der Waals surface area contributed by atoms with E-state index in [-0.39, 0.29) is 0 Å². The van der Waals surface area contributed by atoms with Gasteiger partial charge in [0.15, 0.2) is 0 Å². The van der Waals surface area contributed by atoms with Crippen molar-refractivity contribution in [2.45, 2.75) is 51.4 Å². The van der Waals surface area contributed by atoms with Crippen LogP contribution in [0.1, 0.15) is 62.5 Å². The van der Waals surface area contributed by atoms with Crippen LogP contribution in [-0.4, -0.2) is 10.9 Å². The third kappa shape index (κ3) is 2.87. The first kappa shape index (κ1) is 12.2. The molecule has 1 aromatic carbocycles. The Bertz CT molecular complexity index is 374. The van der Waals surface area contributed by atoms with Crippen LogP contribution < -0.4 is 0 Å². The van der Waals surface area contributed by atoms with Gasteiger partial charge in [0.05, 0.1) is 5.71 Å². The lowest BCUT2D eigenvalue weighted by Gasteiger charge is -2.22. The first-order chi connectivity index (χ1) is 8.35. The van der Waals surface area contributed by atoms with Crippen LogP contribution in [0.15, 0.2) is 29.4 Å². The van der Waals surface area contributed by atoms with E-state index < -0.39 is 0 Å². The van der Waals surface area contributed by atoms with Crippen LogP contribution in [0.2, 0.25) is 0 Å². The zero-order valence-corrected chi connectivity index (χ0v) is 10.5. The Morgan fingerprint density at radius 1 is 1.18 bits per heavy atom. The molecule has 0 spiro atoms. The molecule has 0 unspecified atom stereocenters. The van der Waals surface area contributed by atoms with Gasteiger partial charge in [0.1, 0.15) is 0 Å². The molecular formula is C15H21NO. The Hall–Kier alpha value is -1.31. The second-order valence-electron chi connectivity index (χ2n) is 4.86. The summed E-state index contributed by atoms with van der Waals surface area (Å²) in [5, 5.41) is 12.2. The summed E-state index contributed by atoms with van der Waals surface area (Å²) < 4.78 is 0. The summed E-state index contributed by atoms with van der Waals surface area (Å²) in [6, 6.07) is 8.57. The number of rotatable bonds is 3. The first-order valence-electron chi connectivity index (χ1n) is 6.66. The lowest BCUT2D eigenvalue weighted by Crippen LogP contribution is -2.05. The van der Waals surface area contributed by atoms with Crippen molar-refractivity contribution in [1.29, 1.82) is 0 Å². The number of benzene rings is 1. The number of hydrogen-bond donors (Lipinski definition) is 1. The van der Waals surface area contributed by atoms with E-state index in [0.29, 0.717) is 0 Å². The predicted molar refractivity (Wildman–Crippen MR) is 70.9 cm³/mol. The molecule has 17 heavy (non-hydrogen) atoms. The van der Waals surface area contributed by atoms with Gasteiger partial charge in [-0.1, -0.05) is 55.6 Å². The number of nitrogens with zero attached hydrogens (tertiary/aromatic N) is 1. The van der Waals surface area contributed by atoms with E-state index in [1.165, 1.54) is 37.7 Å². The molecule has 2 nitrogen and oxygen atoms in total. The second-order valence-corrected chi connectivity index (χ2v) is 4.86. The van der Waals surface area contributed by atoms with Gasteiger partial charge in [-0.2, -0.15) is 0 Å². The normalized spacial score (nSPS) is 18.3. The third-order valence-electron chi connectivity index (χ3n) is 3.78. The van der Waals surface area contributed by atoms with Crippen LogP contribution in [0.4, 0.5) is 0 Å². The molecule has 0 atom stereocenters. The molecule has 1 aromatic rings. The molecule has 0 heterocycles. The highest BCUT2D eigenvalue weighted by molar-refractivity contribution is 5.99. The van der Waals surface area contributed by atoms with Crippen molar-refractivity contribution in [2.24, 2.45) is 5.16 Å². The number of oxime groups is 1. The minimum Gasteiger partial charge on any atom is -0.411 e. The van der Waals surface area contributed by atoms with E-state index >= 15 is 0 Å². The van der Waals surface area contributed by atoms with Gasteiger partial charge >= 0.3 is 0 Å². The summed E-state index contributed by atoms with van der Waals surface area (Å²) >= 11 is 0. The van der Waals surface area contributed by atoms with Crippen LogP contribution in [0.5, 0.6) is 0 Å². The highest BCUT2D eigenvalue weighted by Crippen LogP contribution is 2.32. The van der Waals surface area contributed by atoms with Crippen molar-refractivity contribution in [3.05, 3.63) is 35.4 Å². The van der Waals surface area contributed by atoms with Crippen LogP contribution in [0.25, 0.3) is 0 Å². The van der Waals surface area contributed by atoms with Crippen molar-refractivity contribution in [3.8, 4) is 0 Å². The summed E-state index contributed by atoms with van der Waals surface area (Å²) in [5.74, 6) is 0.744. The molecule has 0 aromatic heterocycles. The van der Waals surface area contributed by atoms with Crippen LogP contribution in [0, 0.1) is 0 Å². The molecule has 0 saturated heterocycles. The Labute approximate surface area is 103 Å². The van der Waals surface area contributed by atoms with Gasteiger partial charge < -0.3 is 5.21 Å². The van der Waals surface area contributed by atoms with Gasteiger partial charge in [-0.25, -0.2) is 0 Å². The average Bonchev–Trinajstić information content (AvgIpc) is 2.42. The molecule has 0 aliphatic heterocycles. The summed E-state index contributed by atoms with van der Waals surface area (Å²) in [5.41, 5.74) is 3.25. The van der Waals surface area contributed by atoms with Crippen LogP contribution in [0.3, 0.4) is 0 Å². The molecule has 2 heteroatoms. The molecule has 0 radical (unpaired) electrons. The fourth-order valence-corrected chi connectivity index (χ4v) is 2.72. The SMILES string of the molecule is CC/C(=N/O)c1ccc(C2CCCCC2)cc1. The monoisotopic (exact) mass is 231 g/mol. The summed E-state index contributed by atoms with van der Waals surface area (Å²) in [4.78, 5) is 0. The third-order valence-corrected chi connectivity index (χ3v) is 3.78. The van der Waals surface area contributed by atoms with Crippen molar-refractivity contribution in [1.82, 2.24) is 0 Å². The van der Waals surface area contributed by atoms with E-state index in [0.717, 1.165) is 23.6 Å². The van der Waals surface area contributed by atoms with Crippen LogP contribution >= 0.6 is 0 Å². The Morgan fingerprint density at radius 2 is 1.82 bits per heavy atom. The lowest BCUT2D eigenvalue weighted by molar-refractivity contribution is 0.318. The highest BCUT2D eigenvalue weighted by atomic mass is 16.4. The molecular weight excluding hydrogens is 210 g/mol. The van der Waals surface area contributed by atoms with Crippen molar-refractivity contribution in [3.63, 3.8) is 0 Å². The zero-order chi connectivity index (χ0) is 12.1. The summed E-state index contributed by atoms with van der Waals surface area (Å²) in [7, 11) is 0. The van der Waals surface area contributed by atoms with E-state index in [1.54, 1.807) is 0 Å². The Balaban J connectivity index is 2.12. The molecule has 92 valence electrons. The quantitative estimate of drug-likeness (QED) is 0.469. The van der Waals surface area contributed by atoms with Crippen molar-refractivity contribution < 1.29 is 5.21 Å². The smallest absolute Gasteiger partial charge is 0.0865 e.